The number of imidazole rings is 1. The monoisotopic (exact) mass is 241 g/mol. The minimum atomic E-state index is 0.900. The van der Waals surface area contributed by atoms with Gasteiger partial charge in [-0.25, -0.2) is 10.3 Å². The van der Waals surface area contributed by atoms with E-state index in [0.717, 1.165) is 38.5 Å². The van der Waals surface area contributed by atoms with Crippen LogP contribution in [0.2, 0.25) is 0 Å². The van der Waals surface area contributed by atoms with E-state index in [-0.39, 0.29) is 0 Å². The number of hydrogen-bond acceptors (Lipinski definition) is 2. The standard InChI is InChI=1S/C14H17N4/c1-2-4-13(5-3-1)18-11-8-16-14(18)12-17-9-6-15-7-10-17/h1-5,8,11H,6-7,9-10,12H2. The molecule has 0 aliphatic carbocycles. The molecular weight excluding hydrogens is 224 g/mol. The smallest absolute Gasteiger partial charge is 0.127 e. The molecule has 0 atom stereocenters. The van der Waals surface area contributed by atoms with Gasteiger partial charge in [-0.15, -0.1) is 0 Å². The van der Waals surface area contributed by atoms with E-state index in [1.165, 1.54) is 5.69 Å². The highest BCUT2D eigenvalue weighted by Gasteiger charge is 2.13. The lowest BCUT2D eigenvalue weighted by Crippen LogP contribution is -2.40. The van der Waals surface area contributed by atoms with Crippen molar-refractivity contribution in [2.75, 3.05) is 26.2 Å². The molecule has 4 nitrogen and oxygen atoms in total. The van der Waals surface area contributed by atoms with Gasteiger partial charge in [-0.1, -0.05) is 18.2 Å². The summed E-state index contributed by atoms with van der Waals surface area (Å²) in [7, 11) is 0. The maximum absolute atomic E-state index is 4.48. The molecule has 0 bridgehead atoms. The largest absolute Gasteiger partial charge is 0.303 e. The van der Waals surface area contributed by atoms with Crippen molar-refractivity contribution < 1.29 is 0 Å². The maximum Gasteiger partial charge on any atom is 0.127 e. The fourth-order valence-electron chi connectivity index (χ4n) is 2.28. The number of aromatic nitrogens is 2. The lowest BCUT2D eigenvalue weighted by atomic mass is 10.3. The minimum absolute atomic E-state index is 0.900. The average Bonchev–Trinajstić information content (AvgIpc) is 2.89. The van der Waals surface area contributed by atoms with E-state index in [4.69, 9.17) is 0 Å². The molecular formula is C14H17N4. The maximum atomic E-state index is 4.48. The molecule has 93 valence electrons. The van der Waals surface area contributed by atoms with Crippen LogP contribution in [0.15, 0.2) is 42.7 Å². The Kier molecular flexibility index (Phi) is 3.39. The SMILES string of the molecule is c1ccc(-n2ccnc2CN2CC[N]CC2)cc1. The van der Waals surface area contributed by atoms with Crippen LogP contribution in [0.3, 0.4) is 0 Å². The van der Waals surface area contributed by atoms with Crippen LogP contribution in [0.5, 0.6) is 0 Å². The first-order valence-corrected chi connectivity index (χ1v) is 6.37. The second-order valence-electron chi connectivity index (χ2n) is 4.50. The van der Waals surface area contributed by atoms with Gasteiger partial charge in [-0.05, 0) is 12.1 Å². The minimum Gasteiger partial charge on any atom is -0.303 e. The zero-order valence-corrected chi connectivity index (χ0v) is 10.4. The zero-order chi connectivity index (χ0) is 12.2. The Morgan fingerprint density at radius 1 is 1.06 bits per heavy atom. The van der Waals surface area contributed by atoms with Crippen LogP contribution in [0, 0.1) is 0 Å². The van der Waals surface area contributed by atoms with Gasteiger partial charge in [0.2, 0.25) is 0 Å². The van der Waals surface area contributed by atoms with Crippen LogP contribution >= 0.6 is 0 Å². The predicted molar refractivity (Wildman–Crippen MR) is 70.7 cm³/mol. The third-order valence-electron chi connectivity index (χ3n) is 3.27. The lowest BCUT2D eigenvalue weighted by Gasteiger charge is -2.26. The van der Waals surface area contributed by atoms with Crippen molar-refractivity contribution in [2.45, 2.75) is 6.54 Å². The molecule has 1 aromatic carbocycles. The molecule has 3 rings (SSSR count). The summed E-state index contributed by atoms with van der Waals surface area (Å²) in [5.41, 5.74) is 1.17. The summed E-state index contributed by atoms with van der Waals surface area (Å²) in [4.78, 5) is 6.89. The molecule has 0 unspecified atom stereocenters. The van der Waals surface area contributed by atoms with Crippen LogP contribution in [0.4, 0.5) is 0 Å². The first-order chi connectivity index (χ1) is 8.93. The quantitative estimate of drug-likeness (QED) is 0.811. The summed E-state index contributed by atoms with van der Waals surface area (Å²) in [6.07, 6.45) is 3.90. The van der Waals surface area contributed by atoms with Crippen molar-refractivity contribution in [1.29, 1.82) is 0 Å². The van der Waals surface area contributed by atoms with Crippen LogP contribution in [0.25, 0.3) is 5.69 Å². The van der Waals surface area contributed by atoms with Gasteiger partial charge in [0.25, 0.3) is 0 Å². The first-order valence-electron chi connectivity index (χ1n) is 6.37. The topological polar surface area (TPSA) is 35.2 Å². The zero-order valence-electron chi connectivity index (χ0n) is 10.4. The van der Waals surface area contributed by atoms with Gasteiger partial charge in [0.1, 0.15) is 5.82 Å². The number of benzene rings is 1. The molecule has 0 saturated carbocycles. The van der Waals surface area contributed by atoms with Gasteiger partial charge in [-0.3, -0.25) is 4.90 Å². The summed E-state index contributed by atoms with van der Waals surface area (Å²) in [6.45, 7) is 4.89. The van der Waals surface area contributed by atoms with E-state index >= 15 is 0 Å². The van der Waals surface area contributed by atoms with Gasteiger partial charge in [-0.2, -0.15) is 0 Å². The molecule has 0 N–H and O–H groups in total. The van der Waals surface area contributed by atoms with Crippen molar-refractivity contribution in [3.8, 4) is 5.69 Å². The second-order valence-corrected chi connectivity index (χ2v) is 4.50. The molecule has 0 spiro atoms. The van der Waals surface area contributed by atoms with Crippen molar-refractivity contribution in [1.82, 2.24) is 19.8 Å². The van der Waals surface area contributed by atoms with Crippen LogP contribution in [-0.2, 0) is 6.54 Å². The van der Waals surface area contributed by atoms with E-state index in [0.29, 0.717) is 0 Å². The van der Waals surface area contributed by atoms with Gasteiger partial charge >= 0.3 is 0 Å². The average molecular weight is 241 g/mol. The van der Waals surface area contributed by atoms with Crippen molar-refractivity contribution in [3.05, 3.63) is 48.5 Å². The molecule has 1 aliphatic rings. The summed E-state index contributed by atoms with van der Waals surface area (Å²) in [6, 6.07) is 10.4. The van der Waals surface area contributed by atoms with Crippen LogP contribution in [0.1, 0.15) is 5.82 Å². The van der Waals surface area contributed by atoms with E-state index in [2.05, 4.69) is 44.0 Å². The Morgan fingerprint density at radius 3 is 2.61 bits per heavy atom. The Labute approximate surface area is 107 Å². The lowest BCUT2D eigenvalue weighted by molar-refractivity contribution is 0.224. The van der Waals surface area contributed by atoms with Crippen molar-refractivity contribution in [2.24, 2.45) is 0 Å². The molecule has 2 aromatic rings. The van der Waals surface area contributed by atoms with Crippen molar-refractivity contribution >= 4 is 0 Å². The van der Waals surface area contributed by atoms with E-state index in [9.17, 15) is 0 Å². The third kappa shape index (κ3) is 2.44. The highest BCUT2D eigenvalue weighted by Crippen LogP contribution is 2.12. The highest BCUT2D eigenvalue weighted by atomic mass is 15.2. The first kappa shape index (κ1) is 11.4. The molecule has 1 aliphatic heterocycles. The van der Waals surface area contributed by atoms with Crippen LogP contribution in [-0.4, -0.2) is 40.6 Å². The molecule has 2 heterocycles. The summed E-state index contributed by atoms with van der Waals surface area (Å²) >= 11 is 0. The summed E-state index contributed by atoms with van der Waals surface area (Å²) in [5.74, 6) is 1.10. The second kappa shape index (κ2) is 5.33. The molecule has 0 amide bonds. The Bertz CT molecular complexity index is 486. The third-order valence-corrected chi connectivity index (χ3v) is 3.27. The molecule has 4 heteroatoms. The molecule has 1 aromatic heterocycles. The van der Waals surface area contributed by atoms with Gasteiger partial charge < -0.3 is 4.57 Å². The number of para-hydroxylation sites is 1. The van der Waals surface area contributed by atoms with Gasteiger partial charge in [0.05, 0.1) is 6.54 Å². The van der Waals surface area contributed by atoms with Crippen LogP contribution < -0.4 is 5.32 Å². The Balaban J connectivity index is 1.79. The van der Waals surface area contributed by atoms with E-state index in [1.807, 2.05) is 18.5 Å². The molecule has 1 fully saturated rings. The summed E-state index contributed by atoms with van der Waals surface area (Å²) in [5, 5.41) is 4.37. The van der Waals surface area contributed by atoms with Gasteiger partial charge in [0, 0.05) is 44.3 Å². The molecule has 1 saturated heterocycles. The number of hydrogen-bond donors (Lipinski definition) is 0. The number of nitrogens with zero attached hydrogens (tertiary/aromatic N) is 4. The van der Waals surface area contributed by atoms with E-state index in [1.54, 1.807) is 0 Å². The normalized spacial score (nSPS) is 16.9. The number of rotatable bonds is 3. The fraction of sp³-hybridized carbons (Fsp3) is 0.357. The summed E-state index contributed by atoms with van der Waals surface area (Å²) < 4.78 is 2.16. The highest BCUT2D eigenvalue weighted by molar-refractivity contribution is 5.32. The van der Waals surface area contributed by atoms with E-state index < -0.39 is 0 Å². The Hall–Kier alpha value is -1.65. The number of piperazine rings is 1. The fourth-order valence-corrected chi connectivity index (χ4v) is 2.28. The van der Waals surface area contributed by atoms with Crippen molar-refractivity contribution in [3.63, 3.8) is 0 Å². The Morgan fingerprint density at radius 2 is 1.83 bits per heavy atom. The molecule has 1 radical (unpaired) electrons. The molecule has 18 heavy (non-hydrogen) atoms. The predicted octanol–water partition coefficient (Wildman–Crippen LogP) is 1.29. The van der Waals surface area contributed by atoms with Gasteiger partial charge in [0.15, 0.2) is 0 Å².